The van der Waals surface area contributed by atoms with E-state index in [1.165, 1.54) is 24.3 Å². The average molecular weight is 435 g/mol. The number of nitrogens with one attached hydrogen (secondary N) is 2. The highest BCUT2D eigenvalue weighted by Crippen LogP contribution is 2.15. The summed E-state index contributed by atoms with van der Waals surface area (Å²) in [6, 6.07) is 13.2. The van der Waals surface area contributed by atoms with E-state index in [1.807, 2.05) is 6.07 Å². The number of halogens is 1. The maximum atomic E-state index is 12.1. The first-order chi connectivity index (χ1) is 13.0. The summed E-state index contributed by atoms with van der Waals surface area (Å²) in [6.07, 6.45) is -0.796. The lowest BCUT2D eigenvalue weighted by atomic mass is 10.2. The van der Waals surface area contributed by atoms with Gasteiger partial charge in [-0.15, -0.1) is 0 Å². The molecular weight excluding hydrogens is 416 g/mol. The Morgan fingerprint density at radius 3 is 2.19 bits per heavy atom. The molecule has 142 valence electrons. The van der Waals surface area contributed by atoms with Crippen molar-refractivity contribution in [3.05, 3.63) is 64.1 Å². The molecule has 2 aromatic rings. The molecule has 0 heterocycles. The van der Waals surface area contributed by atoms with Crippen LogP contribution >= 0.6 is 15.9 Å². The molecule has 8 heteroatoms. The van der Waals surface area contributed by atoms with E-state index in [2.05, 4.69) is 31.3 Å². The molecule has 0 unspecified atom stereocenters. The predicted octanol–water partition coefficient (Wildman–Crippen LogP) is 3.14. The molecule has 0 aliphatic heterocycles. The molecule has 0 bridgehead atoms. The van der Waals surface area contributed by atoms with Crippen molar-refractivity contribution < 1.29 is 23.9 Å². The first-order valence-electron chi connectivity index (χ1n) is 8.27. The van der Waals surface area contributed by atoms with Crippen LogP contribution in [-0.2, 0) is 4.74 Å². The van der Waals surface area contributed by atoms with Gasteiger partial charge in [-0.25, -0.2) is 4.79 Å². The zero-order valence-electron chi connectivity index (χ0n) is 14.7. The summed E-state index contributed by atoms with van der Waals surface area (Å²) in [7, 11) is 0. The van der Waals surface area contributed by atoms with Gasteiger partial charge in [0.15, 0.2) is 0 Å². The molecule has 0 saturated carbocycles. The topological polar surface area (TPSA) is 93.7 Å². The lowest BCUT2D eigenvalue weighted by Gasteiger charge is -2.09. The zero-order chi connectivity index (χ0) is 19.6. The highest BCUT2D eigenvalue weighted by Gasteiger charge is 2.10. The van der Waals surface area contributed by atoms with Crippen LogP contribution < -0.4 is 15.4 Å². The van der Waals surface area contributed by atoms with Crippen molar-refractivity contribution in [1.82, 2.24) is 10.6 Å². The van der Waals surface area contributed by atoms with Gasteiger partial charge >= 0.3 is 6.16 Å². The second-order valence-corrected chi connectivity index (χ2v) is 6.16. The molecule has 2 N–H and O–H groups in total. The molecule has 0 spiro atoms. The van der Waals surface area contributed by atoms with Gasteiger partial charge in [0.2, 0.25) is 0 Å². The molecule has 27 heavy (non-hydrogen) atoms. The van der Waals surface area contributed by atoms with Crippen molar-refractivity contribution in [2.45, 2.75) is 6.92 Å². The third-order valence-electron chi connectivity index (χ3n) is 3.39. The van der Waals surface area contributed by atoms with E-state index in [4.69, 9.17) is 4.74 Å². The van der Waals surface area contributed by atoms with Gasteiger partial charge in [0.25, 0.3) is 11.8 Å². The smallest absolute Gasteiger partial charge is 0.434 e. The minimum atomic E-state index is -0.796. The fourth-order valence-electron chi connectivity index (χ4n) is 2.11. The van der Waals surface area contributed by atoms with E-state index in [0.717, 1.165) is 0 Å². The molecule has 0 radical (unpaired) electrons. The Bertz CT molecular complexity index is 808. The summed E-state index contributed by atoms with van der Waals surface area (Å²) in [6.45, 7) is 2.46. The fourth-order valence-corrected chi connectivity index (χ4v) is 2.58. The summed E-state index contributed by atoms with van der Waals surface area (Å²) in [4.78, 5) is 35.4. The SMILES string of the molecule is CCOC(=O)Oc1ccc(C(=O)NCCNC(=O)c2ccccc2Br)cc1. The van der Waals surface area contributed by atoms with Crippen molar-refractivity contribution in [2.75, 3.05) is 19.7 Å². The fraction of sp³-hybridized carbons (Fsp3) is 0.211. The number of amides is 2. The van der Waals surface area contributed by atoms with Gasteiger partial charge < -0.3 is 20.1 Å². The van der Waals surface area contributed by atoms with E-state index in [9.17, 15) is 14.4 Å². The van der Waals surface area contributed by atoms with Crippen molar-refractivity contribution >= 4 is 33.9 Å². The zero-order valence-corrected chi connectivity index (χ0v) is 16.2. The van der Waals surface area contributed by atoms with Gasteiger partial charge in [0.1, 0.15) is 5.75 Å². The first-order valence-corrected chi connectivity index (χ1v) is 9.06. The average Bonchev–Trinajstić information content (AvgIpc) is 2.66. The second-order valence-electron chi connectivity index (χ2n) is 5.30. The van der Waals surface area contributed by atoms with E-state index in [0.29, 0.717) is 15.6 Å². The number of rotatable bonds is 7. The van der Waals surface area contributed by atoms with Crippen LogP contribution in [0.3, 0.4) is 0 Å². The molecular formula is C19H19BrN2O5. The minimum absolute atomic E-state index is 0.219. The Morgan fingerprint density at radius 2 is 1.56 bits per heavy atom. The third-order valence-corrected chi connectivity index (χ3v) is 4.09. The standard InChI is InChI=1S/C19H19BrN2O5/c1-2-26-19(25)27-14-9-7-13(8-10-14)17(23)21-11-12-22-18(24)15-5-3-4-6-16(15)20/h3-10H,2,11-12H2,1H3,(H,21,23)(H,22,24). The van der Waals surface area contributed by atoms with E-state index >= 15 is 0 Å². The van der Waals surface area contributed by atoms with Crippen LogP contribution in [0.25, 0.3) is 0 Å². The van der Waals surface area contributed by atoms with Gasteiger partial charge in [-0.1, -0.05) is 12.1 Å². The molecule has 2 amide bonds. The molecule has 0 aliphatic carbocycles. The van der Waals surface area contributed by atoms with E-state index in [-0.39, 0.29) is 37.3 Å². The summed E-state index contributed by atoms with van der Waals surface area (Å²) in [5, 5.41) is 5.44. The lowest BCUT2D eigenvalue weighted by molar-refractivity contribution is 0.0927. The molecule has 0 atom stereocenters. The monoisotopic (exact) mass is 434 g/mol. The third kappa shape index (κ3) is 6.41. The van der Waals surface area contributed by atoms with Crippen molar-refractivity contribution in [1.29, 1.82) is 0 Å². The second kappa shape index (κ2) is 10.3. The number of hydrogen-bond donors (Lipinski definition) is 2. The molecule has 0 saturated heterocycles. The Morgan fingerprint density at radius 1 is 0.926 bits per heavy atom. The Labute approximate surface area is 165 Å². The molecule has 7 nitrogen and oxygen atoms in total. The maximum Gasteiger partial charge on any atom is 0.513 e. The number of carbonyl (C=O) groups is 3. The molecule has 0 fully saturated rings. The Kier molecular flexibility index (Phi) is 7.81. The molecule has 2 aromatic carbocycles. The van der Waals surface area contributed by atoms with Gasteiger partial charge in [-0.2, -0.15) is 0 Å². The van der Waals surface area contributed by atoms with Crippen LogP contribution in [0.15, 0.2) is 53.0 Å². The van der Waals surface area contributed by atoms with Crippen LogP contribution in [0.4, 0.5) is 4.79 Å². The molecule has 2 rings (SSSR count). The summed E-state index contributed by atoms with van der Waals surface area (Å²) in [5.74, 6) is -0.240. The van der Waals surface area contributed by atoms with Crippen LogP contribution in [0.5, 0.6) is 5.75 Å². The highest BCUT2D eigenvalue weighted by atomic mass is 79.9. The largest absolute Gasteiger partial charge is 0.513 e. The summed E-state index contributed by atoms with van der Waals surface area (Å²) < 4.78 is 10.3. The van der Waals surface area contributed by atoms with Gasteiger partial charge in [0.05, 0.1) is 12.2 Å². The first kappa shape index (κ1) is 20.4. The van der Waals surface area contributed by atoms with Crippen molar-refractivity contribution in [3.8, 4) is 5.75 Å². The Hall–Kier alpha value is -2.87. The summed E-state index contributed by atoms with van der Waals surface area (Å²) >= 11 is 3.32. The number of carbonyl (C=O) groups excluding carboxylic acids is 3. The maximum absolute atomic E-state index is 12.1. The molecule has 0 aromatic heterocycles. The predicted molar refractivity (Wildman–Crippen MR) is 103 cm³/mol. The number of hydrogen-bond acceptors (Lipinski definition) is 5. The van der Waals surface area contributed by atoms with Crippen molar-refractivity contribution in [3.63, 3.8) is 0 Å². The Balaban J connectivity index is 1.76. The number of benzene rings is 2. The quantitative estimate of drug-likeness (QED) is 0.396. The normalized spacial score (nSPS) is 10.0. The minimum Gasteiger partial charge on any atom is -0.434 e. The van der Waals surface area contributed by atoms with E-state index < -0.39 is 6.16 Å². The van der Waals surface area contributed by atoms with Crippen LogP contribution in [0.1, 0.15) is 27.6 Å². The van der Waals surface area contributed by atoms with Crippen LogP contribution in [0.2, 0.25) is 0 Å². The van der Waals surface area contributed by atoms with Gasteiger partial charge in [-0.05, 0) is 59.3 Å². The summed E-state index contributed by atoms with van der Waals surface area (Å²) in [5.41, 5.74) is 0.935. The highest BCUT2D eigenvalue weighted by molar-refractivity contribution is 9.10. The molecule has 0 aliphatic rings. The van der Waals surface area contributed by atoms with Gasteiger partial charge in [0, 0.05) is 23.1 Å². The lowest BCUT2D eigenvalue weighted by Crippen LogP contribution is -2.34. The van der Waals surface area contributed by atoms with Crippen LogP contribution in [0, 0.1) is 0 Å². The van der Waals surface area contributed by atoms with E-state index in [1.54, 1.807) is 25.1 Å². The van der Waals surface area contributed by atoms with Crippen LogP contribution in [-0.4, -0.2) is 37.7 Å². The van der Waals surface area contributed by atoms with Crippen molar-refractivity contribution in [2.24, 2.45) is 0 Å². The number of ether oxygens (including phenoxy) is 2. The van der Waals surface area contributed by atoms with Gasteiger partial charge in [-0.3, -0.25) is 9.59 Å².